The highest BCUT2D eigenvalue weighted by atomic mass is 32.1. The van der Waals surface area contributed by atoms with Crippen molar-refractivity contribution < 1.29 is 28.0 Å². The van der Waals surface area contributed by atoms with Gasteiger partial charge in [0.2, 0.25) is 0 Å². The SMILES string of the molecule is CCCCCCCCCCCCCCCCOC[C@H](COP(=O)(O)Oc1cccc(CN(C(N)=S)c2ccccc2)c1)OC. The van der Waals surface area contributed by atoms with E-state index in [1.54, 1.807) is 23.1 Å². The Morgan fingerprint density at radius 1 is 0.864 bits per heavy atom. The lowest BCUT2D eigenvalue weighted by Crippen LogP contribution is -2.34. The third-order valence-corrected chi connectivity index (χ3v) is 8.63. The number of hydrogen-bond donors (Lipinski definition) is 2. The summed E-state index contributed by atoms with van der Waals surface area (Å²) >= 11 is 5.23. The molecule has 0 aromatic heterocycles. The number of benzene rings is 2. The largest absolute Gasteiger partial charge is 0.527 e. The van der Waals surface area contributed by atoms with Gasteiger partial charge in [-0.1, -0.05) is 121 Å². The van der Waals surface area contributed by atoms with Crippen LogP contribution < -0.4 is 15.2 Å². The number of hydrogen-bond acceptors (Lipinski definition) is 6. The van der Waals surface area contributed by atoms with Crippen LogP contribution in [-0.2, 0) is 25.1 Å². The fraction of sp³-hybridized carbons (Fsp3) is 0.618. The monoisotopic (exact) mass is 650 g/mol. The van der Waals surface area contributed by atoms with Gasteiger partial charge in [0.15, 0.2) is 5.11 Å². The zero-order valence-corrected chi connectivity index (χ0v) is 28.6. The van der Waals surface area contributed by atoms with Crippen molar-refractivity contribution in [2.45, 2.75) is 109 Å². The number of nitrogens with two attached hydrogens (primary N) is 1. The molecule has 2 atom stereocenters. The van der Waals surface area contributed by atoms with Crippen LogP contribution in [0.1, 0.15) is 102 Å². The van der Waals surface area contributed by atoms with Crippen molar-refractivity contribution in [2.75, 3.05) is 31.8 Å². The van der Waals surface area contributed by atoms with Crippen LogP contribution in [0.15, 0.2) is 54.6 Å². The lowest BCUT2D eigenvalue weighted by Gasteiger charge is -2.23. The highest BCUT2D eigenvalue weighted by Gasteiger charge is 2.25. The van der Waals surface area contributed by atoms with Crippen LogP contribution in [0.3, 0.4) is 0 Å². The van der Waals surface area contributed by atoms with Gasteiger partial charge in [-0.25, -0.2) is 4.57 Å². The number of para-hydroxylation sites is 1. The summed E-state index contributed by atoms with van der Waals surface area (Å²) in [5.74, 6) is 0.201. The quantitative estimate of drug-likeness (QED) is 0.0587. The van der Waals surface area contributed by atoms with Gasteiger partial charge in [0.1, 0.15) is 11.9 Å². The Morgan fingerprint density at radius 2 is 1.45 bits per heavy atom. The molecule has 2 rings (SSSR count). The molecule has 0 radical (unpaired) electrons. The highest BCUT2D eigenvalue weighted by Crippen LogP contribution is 2.44. The standard InChI is InChI=1S/C34H55N2O6PS/c1-3-4-5-6-7-8-9-10-11-12-13-14-15-19-25-40-28-33(39-2)29-41-43(37,38)42-32-24-20-21-30(26-32)27-36(34(35)44)31-22-17-16-18-23-31/h16-18,20-24,26,33H,3-15,19,25,27-29H2,1-2H3,(H2,35,44)(H,37,38)/t33-/m1/s1. The summed E-state index contributed by atoms with van der Waals surface area (Å²) in [7, 11) is -2.86. The average Bonchev–Trinajstić information content (AvgIpc) is 3.01. The maximum absolute atomic E-state index is 12.7. The van der Waals surface area contributed by atoms with E-state index in [4.69, 9.17) is 36.5 Å². The Labute approximate surface area is 271 Å². The second-order valence-corrected chi connectivity index (χ2v) is 13.1. The van der Waals surface area contributed by atoms with Crippen LogP contribution in [0.2, 0.25) is 0 Å². The third kappa shape index (κ3) is 17.5. The molecule has 0 heterocycles. The molecule has 2 aromatic rings. The molecule has 0 aliphatic carbocycles. The van der Waals surface area contributed by atoms with Crippen LogP contribution in [-0.4, -0.2) is 43.0 Å². The van der Waals surface area contributed by atoms with Gasteiger partial charge in [0.05, 0.1) is 19.8 Å². The predicted molar refractivity (Wildman–Crippen MR) is 184 cm³/mol. The maximum Gasteiger partial charge on any atom is 0.527 e. The Bertz CT molecular complexity index is 1080. The van der Waals surface area contributed by atoms with Crippen LogP contribution in [0.4, 0.5) is 5.69 Å². The minimum atomic E-state index is -4.39. The summed E-state index contributed by atoms with van der Waals surface area (Å²) < 4.78 is 34.3. The van der Waals surface area contributed by atoms with Gasteiger partial charge in [0.25, 0.3) is 0 Å². The van der Waals surface area contributed by atoms with Crippen molar-refractivity contribution in [3.8, 4) is 5.75 Å². The minimum Gasteiger partial charge on any atom is -0.404 e. The number of phosphoric acid groups is 1. The molecule has 0 amide bonds. The molecule has 44 heavy (non-hydrogen) atoms. The van der Waals surface area contributed by atoms with Crippen LogP contribution >= 0.6 is 20.0 Å². The molecule has 0 aliphatic rings. The van der Waals surface area contributed by atoms with Crippen molar-refractivity contribution in [1.29, 1.82) is 0 Å². The molecule has 3 N–H and O–H groups in total. The number of thiocarbonyl (C=S) groups is 1. The molecule has 0 bridgehead atoms. The number of unbranched alkanes of at least 4 members (excludes halogenated alkanes) is 13. The molecular formula is C34H55N2O6PS. The summed E-state index contributed by atoms with van der Waals surface area (Å²) in [6.07, 6.45) is 17.9. The van der Waals surface area contributed by atoms with Crippen LogP contribution in [0, 0.1) is 0 Å². The van der Waals surface area contributed by atoms with E-state index in [0.29, 0.717) is 13.2 Å². The molecule has 0 spiro atoms. The third-order valence-electron chi connectivity index (χ3n) is 7.50. The maximum atomic E-state index is 12.7. The minimum absolute atomic E-state index is 0.133. The first kappa shape index (κ1) is 38.2. The van der Waals surface area contributed by atoms with Crippen molar-refractivity contribution in [3.63, 3.8) is 0 Å². The first-order chi connectivity index (χ1) is 21.3. The van der Waals surface area contributed by atoms with Crippen molar-refractivity contribution in [1.82, 2.24) is 0 Å². The number of methoxy groups -OCH3 is 1. The van der Waals surface area contributed by atoms with Gasteiger partial charge in [-0.15, -0.1) is 0 Å². The number of anilines is 1. The second kappa shape index (κ2) is 23.4. The second-order valence-electron chi connectivity index (χ2n) is 11.3. The molecule has 2 aromatic carbocycles. The number of phosphoric ester groups is 1. The van der Waals surface area contributed by atoms with Crippen molar-refractivity contribution >= 4 is 30.8 Å². The summed E-state index contributed by atoms with van der Waals surface area (Å²) in [4.78, 5) is 12.1. The van der Waals surface area contributed by atoms with Crippen LogP contribution in [0.5, 0.6) is 5.75 Å². The van der Waals surface area contributed by atoms with E-state index in [2.05, 4.69) is 6.92 Å². The van der Waals surface area contributed by atoms with E-state index in [1.165, 1.54) is 84.2 Å². The molecular weight excluding hydrogens is 595 g/mol. The predicted octanol–water partition coefficient (Wildman–Crippen LogP) is 8.95. The molecule has 0 aliphatic heterocycles. The van der Waals surface area contributed by atoms with E-state index in [1.807, 2.05) is 36.4 Å². The number of ether oxygens (including phenoxy) is 2. The normalized spacial score (nSPS) is 13.3. The summed E-state index contributed by atoms with van der Waals surface area (Å²) in [5.41, 5.74) is 7.59. The zero-order valence-electron chi connectivity index (χ0n) is 26.9. The first-order valence-electron chi connectivity index (χ1n) is 16.3. The smallest absolute Gasteiger partial charge is 0.404 e. The Morgan fingerprint density at radius 3 is 2.02 bits per heavy atom. The van der Waals surface area contributed by atoms with E-state index in [9.17, 15) is 9.46 Å². The van der Waals surface area contributed by atoms with Crippen molar-refractivity contribution in [3.05, 3.63) is 60.2 Å². The van der Waals surface area contributed by atoms with Gasteiger partial charge < -0.3 is 24.6 Å². The zero-order chi connectivity index (χ0) is 31.9. The summed E-state index contributed by atoms with van der Waals surface area (Å²) in [5, 5.41) is 0.218. The Hall–Kier alpha value is -2.00. The van der Waals surface area contributed by atoms with Gasteiger partial charge in [0, 0.05) is 19.4 Å². The average molecular weight is 651 g/mol. The van der Waals surface area contributed by atoms with Gasteiger partial charge in [-0.05, 0) is 48.5 Å². The van der Waals surface area contributed by atoms with E-state index in [-0.39, 0.29) is 24.1 Å². The summed E-state index contributed by atoms with van der Waals surface area (Å²) in [6.45, 7) is 3.41. The topological polar surface area (TPSA) is 103 Å². The van der Waals surface area contributed by atoms with Gasteiger partial charge in [-0.2, -0.15) is 0 Å². The molecule has 0 saturated heterocycles. The molecule has 8 nitrogen and oxygen atoms in total. The summed E-state index contributed by atoms with van der Waals surface area (Å²) in [6, 6.07) is 16.4. The fourth-order valence-corrected chi connectivity index (χ4v) is 5.88. The molecule has 0 fully saturated rings. The lowest BCUT2D eigenvalue weighted by molar-refractivity contribution is -0.0197. The Balaban J connectivity index is 1.59. The molecule has 10 heteroatoms. The Kier molecular flexibility index (Phi) is 20.3. The highest BCUT2D eigenvalue weighted by molar-refractivity contribution is 7.80. The number of nitrogens with zero attached hydrogens (tertiary/aromatic N) is 1. The van der Waals surface area contributed by atoms with Crippen molar-refractivity contribution in [2.24, 2.45) is 5.73 Å². The van der Waals surface area contributed by atoms with E-state index < -0.39 is 13.9 Å². The fourth-order valence-electron chi connectivity index (χ4n) is 4.92. The van der Waals surface area contributed by atoms with Crippen LogP contribution in [0.25, 0.3) is 0 Å². The van der Waals surface area contributed by atoms with E-state index in [0.717, 1.165) is 24.1 Å². The lowest BCUT2D eigenvalue weighted by atomic mass is 10.0. The number of rotatable bonds is 26. The van der Waals surface area contributed by atoms with Gasteiger partial charge in [-0.3, -0.25) is 9.42 Å². The molecule has 1 unspecified atom stereocenters. The van der Waals surface area contributed by atoms with E-state index >= 15 is 0 Å². The molecule has 248 valence electrons. The molecule has 0 saturated carbocycles. The van der Waals surface area contributed by atoms with Gasteiger partial charge >= 0.3 is 7.82 Å². The first-order valence-corrected chi connectivity index (χ1v) is 18.2.